The van der Waals surface area contributed by atoms with Crippen molar-refractivity contribution in [2.45, 2.75) is 44.3 Å². The lowest BCUT2D eigenvalue weighted by molar-refractivity contribution is -0.150. The third-order valence-corrected chi connectivity index (χ3v) is 6.86. The molecular weight excluding hydrogens is 408 g/mol. The number of para-hydroxylation sites is 1. The van der Waals surface area contributed by atoms with Gasteiger partial charge in [-0.3, -0.25) is 9.69 Å². The van der Waals surface area contributed by atoms with Crippen molar-refractivity contribution in [2.75, 3.05) is 7.11 Å². The van der Waals surface area contributed by atoms with Crippen LogP contribution in [0.4, 0.5) is 0 Å². The number of carbonyl (C=O) groups is 1. The first-order valence-electron chi connectivity index (χ1n) is 11.8. The summed E-state index contributed by atoms with van der Waals surface area (Å²) in [5.74, 6) is -0.177. The zero-order chi connectivity index (χ0) is 22.8. The van der Waals surface area contributed by atoms with E-state index in [1.807, 2.05) is 12.1 Å². The van der Waals surface area contributed by atoms with E-state index in [4.69, 9.17) is 4.74 Å². The summed E-state index contributed by atoms with van der Waals surface area (Å²) in [4.78, 5) is 19.4. The summed E-state index contributed by atoms with van der Waals surface area (Å²) in [5, 5.41) is 1.21. The molecule has 1 aromatic heterocycles. The Labute approximate surface area is 195 Å². The number of nitrogens with one attached hydrogen (secondary N) is 1. The molecule has 1 aliphatic heterocycles. The first-order valence-corrected chi connectivity index (χ1v) is 11.8. The molecule has 4 heteroatoms. The van der Waals surface area contributed by atoms with Crippen LogP contribution in [0.5, 0.6) is 0 Å². The van der Waals surface area contributed by atoms with Gasteiger partial charge in [0.2, 0.25) is 0 Å². The van der Waals surface area contributed by atoms with Crippen LogP contribution in [-0.4, -0.2) is 29.0 Å². The number of hydrogen-bond donors (Lipinski definition) is 1. The van der Waals surface area contributed by atoms with Gasteiger partial charge in [0.05, 0.1) is 19.2 Å². The van der Waals surface area contributed by atoms with Crippen LogP contribution in [0.3, 0.4) is 0 Å². The van der Waals surface area contributed by atoms with Gasteiger partial charge in [-0.1, -0.05) is 92.2 Å². The highest BCUT2D eigenvalue weighted by molar-refractivity contribution is 5.87. The largest absolute Gasteiger partial charge is 0.468 e. The third kappa shape index (κ3) is 3.85. The van der Waals surface area contributed by atoms with Gasteiger partial charge >= 0.3 is 5.97 Å². The number of ether oxygens (including phenoxy) is 1. The van der Waals surface area contributed by atoms with E-state index >= 15 is 0 Å². The minimum Gasteiger partial charge on any atom is -0.468 e. The van der Waals surface area contributed by atoms with Crippen molar-refractivity contribution in [3.63, 3.8) is 0 Å². The summed E-state index contributed by atoms with van der Waals surface area (Å²) < 4.78 is 5.38. The zero-order valence-corrected chi connectivity index (χ0v) is 19.2. The predicted octanol–water partition coefficient (Wildman–Crippen LogP) is 6.20. The summed E-state index contributed by atoms with van der Waals surface area (Å²) in [6.07, 6.45) is 2.59. The normalized spacial score (nSPS) is 18.4. The molecule has 0 radical (unpaired) electrons. The molecule has 1 N–H and O–H groups in total. The van der Waals surface area contributed by atoms with Gasteiger partial charge in [0, 0.05) is 23.0 Å². The molecule has 33 heavy (non-hydrogen) atoms. The van der Waals surface area contributed by atoms with Crippen LogP contribution >= 0.6 is 0 Å². The Morgan fingerprint density at radius 3 is 2.18 bits per heavy atom. The van der Waals surface area contributed by atoms with Crippen molar-refractivity contribution in [1.29, 1.82) is 0 Å². The van der Waals surface area contributed by atoms with Crippen LogP contribution in [-0.2, 0) is 16.0 Å². The molecule has 0 amide bonds. The Bertz CT molecular complexity index is 1190. The number of methoxy groups -OCH3 is 1. The molecule has 3 aromatic carbocycles. The molecular formula is C29H30N2O2. The number of hydrogen-bond acceptors (Lipinski definition) is 3. The van der Waals surface area contributed by atoms with Crippen molar-refractivity contribution >= 4 is 16.9 Å². The van der Waals surface area contributed by atoms with E-state index < -0.39 is 0 Å². The number of carbonyl (C=O) groups excluding carboxylic acids is 1. The van der Waals surface area contributed by atoms with Gasteiger partial charge in [-0.25, -0.2) is 0 Å². The number of fused-ring (bicyclic) bond motifs is 3. The van der Waals surface area contributed by atoms with Crippen molar-refractivity contribution in [3.05, 3.63) is 107 Å². The number of benzene rings is 3. The first-order chi connectivity index (χ1) is 16.2. The summed E-state index contributed by atoms with van der Waals surface area (Å²) in [7, 11) is 1.50. The summed E-state index contributed by atoms with van der Waals surface area (Å²) >= 11 is 0. The molecule has 0 bridgehead atoms. The Balaban J connectivity index is 1.74. The molecule has 2 heterocycles. The lowest BCUT2D eigenvalue weighted by Crippen LogP contribution is -2.50. The monoisotopic (exact) mass is 438 g/mol. The molecule has 0 unspecified atom stereocenters. The number of esters is 1. The van der Waals surface area contributed by atoms with Crippen LogP contribution in [0.25, 0.3) is 10.9 Å². The Kier molecular flexibility index (Phi) is 6.01. The fourth-order valence-corrected chi connectivity index (χ4v) is 5.47. The lowest BCUT2D eigenvalue weighted by atomic mass is 9.85. The van der Waals surface area contributed by atoms with Gasteiger partial charge < -0.3 is 9.72 Å². The van der Waals surface area contributed by atoms with Crippen molar-refractivity contribution < 1.29 is 9.53 Å². The Morgan fingerprint density at radius 2 is 1.58 bits per heavy atom. The highest BCUT2D eigenvalue weighted by atomic mass is 16.5. The highest BCUT2D eigenvalue weighted by Crippen LogP contribution is 2.46. The smallest absolute Gasteiger partial charge is 0.323 e. The van der Waals surface area contributed by atoms with Gasteiger partial charge in [-0.05, 0) is 29.2 Å². The molecule has 4 nitrogen and oxygen atoms in total. The molecule has 0 spiro atoms. The van der Waals surface area contributed by atoms with Gasteiger partial charge in [0.15, 0.2) is 0 Å². The third-order valence-electron chi connectivity index (χ3n) is 6.86. The molecule has 4 aromatic rings. The maximum absolute atomic E-state index is 13.3. The van der Waals surface area contributed by atoms with E-state index in [0.717, 1.165) is 18.4 Å². The Morgan fingerprint density at radius 1 is 0.970 bits per heavy atom. The van der Waals surface area contributed by atoms with E-state index in [2.05, 4.69) is 89.6 Å². The van der Waals surface area contributed by atoms with Gasteiger partial charge in [-0.15, -0.1) is 0 Å². The van der Waals surface area contributed by atoms with Crippen LogP contribution in [0, 0.1) is 0 Å². The summed E-state index contributed by atoms with van der Waals surface area (Å²) in [5.41, 5.74) is 5.97. The number of nitrogens with zero attached hydrogens (tertiary/aromatic N) is 1. The minimum absolute atomic E-state index is 0.0624. The second kappa shape index (κ2) is 9.24. The molecule has 2 atom stereocenters. The molecule has 0 saturated heterocycles. The van der Waals surface area contributed by atoms with E-state index in [-0.39, 0.29) is 24.1 Å². The van der Waals surface area contributed by atoms with E-state index in [0.29, 0.717) is 6.42 Å². The molecule has 5 rings (SSSR count). The highest BCUT2D eigenvalue weighted by Gasteiger charge is 2.44. The summed E-state index contributed by atoms with van der Waals surface area (Å²) in [6.45, 7) is 2.21. The maximum atomic E-state index is 13.3. The minimum atomic E-state index is -0.372. The molecule has 0 saturated carbocycles. The average molecular weight is 439 g/mol. The van der Waals surface area contributed by atoms with Crippen LogP contribution in [0.15, 0.2) is 84.9 Å². The fourth-order valence-electron chi connectivity index (χ4n) is 5.47. The van der Waals surface area contributed by atoms with E-state index in [9.17, 15) is 4.79 Å². The van der Waals surface area contributed by atoms with Crippen LogP contribution in [0.1, 0.15) is 54.2 Å². The second-order valence-corrected chi connectivity index (χ2v) is 8.78. The number of aromatic nitrogens is 1. The molecule has 1 aliphatic rings. The van der Waals surface area contributed by atoms with Crippen molar-refractivity contribution in [1.82, 2.24) is 9.88 Å². The molecule has 0 aliphatic carbocycles. The van der Waals surface area contributed by atoms with Crippen molar-refractivity contribution in [3.8, 4) is 0 Å². The second-order valence-electron chi connectivity index (χ2n) is 8.78. The lowest BCUT2D eigenvalue weighted by Gasteiger charge is -2.45. The molecule has 168 valence electrons. The number of aromatic amines is 1. The SMILES string of the molecule is CCC[C@@H]1c2[nH]c3ccccc3c2C[C@@H](C(=O)OC)N1C(c1ccccc1)c1ccccc1. The molecule has 0 fully saturated rings. The predicted molar refractivity (Wildman–Crippen MR) is 132 cm³/mol. The first kappa shape index (κ1) is 21.5. The quantitative estimate of drug-likeness (QED) is 0.365. The van der Waals surface area contributed by atoms with Crippen LogP contribution in [0.2, 0.25) is 0 Å². The van der Waals surface area contributed by atoms with Crippen molar-refractivity contribution in [2.24, 2.45) is 0 Å². The number of H-pyrrole nitrogens is 1. The Hall–Kier alpha value is -3.37. The van der Waals surface area contributed by atoms with Gasteiger partial charge in [0.1, 0.15) is 6.04 Å². The summed E-state index contributed by atoms with van der Waals surface area (Å²) in [6, 6.07) is 29.1. The average Bonchev–Trinajstić information content (AvgIpc) is 3.24. The van der Waals surface area contributed by atoms with E-state index in [1.54, 1.807) is 0 Å². The topological polar surface area (TPSA) is 45.3 Å². The fraction of sp³-hybridized carbons (Fsp3) is 0.276. The van der Waals surface area contributed by atoms with Gasteiger partial charge in [-0.2, -0.15) is 0 Å². The number of rotatable bonds is 6. The van der Waals surface area contributed by atoms with Crippen LogP contribution < -0.4 is 0 Å². The maximum Gasteiger partial charge on any atom is 0.323 e. The standard InChI is InChI=1S/C29H30N2O2/c1-3-12-25-27-23(22-17-10-11-18-24(22)30-27)19-26(29(32)33-2)31(25)28(20-13-6-4-7-14-20)21-15-8-5-9-16-21/h4-11,13-18,25-26,28,30H,3,12,19H2,1-2H3/t25-,26+/m1/s1. The van der Waals surface area contributed by atoms with E-state index in [1.165, 1.54) is 34.9 Å². The van der Waals surface area contributed by atoms with Gasteiger partial charge in [0.25, 0.3) is 0 Å². The zero-order valence-electron chi connectivity index (χ0n) is 19.2.